The zero-order valence-electron chi connectivity index (χ0n) is 23.6. The molecule has 9 heteroatoms. The van der Waals surface area contributed by atoms with Gasteiger partial charge < -0.3 is 33.7 Å². The van der Waals surface area contributed by atoms with E-state index in [1.807, 2.05) is 31.2 Å². The second kappa shape index (κ2) is 65.1. The van der Waals surface area contributed by atoms with Crippen molar-refractivity contribution < 1.29 is 38.0 Å². The number of nitrogens with one attached hydrogen (secondary N) is 1. The molecule has 0 aromatic heterocycles. The van der Waals surface area contributed by atoms with Crippen LogP contribution in [0.5, 0.6) is 5.75 Å². The number of rotatable bonds is 7. The fourth-order valence-electron chi connectivity index (χ4n) is 1.17. The van der Waals surface area contributed by atoms with Crippen molar-refractivity contribution in [2.75, 3.05) is 76.6 Å². The van der Waals surface area contributed by atoms with E-state index in [1.54, 1.807) is 49.7 Å². The monoisotopic (exact) mass is 574 g/mol. The van der Waals surface area contributed by atoms with Crippen LogP contribution in [0.25, 0.3) is 0 Å². The first-order chi connectivity index (χ1) is 16.1. The largest absolute Gasteiger partial charge is 0.497 e. The van der Waals surface area contributed by atoms with Crippen molar-refractivity contribution in [3.05, 3.63) is 29.8 Å². The second-order valence-corrected chi connectivity index (χ2v) is 6.20. The molecule has 1 amide bonds. The fourth-order valence-corrected chi connectivity index (χ4v) is 1.17. The van der Waals surface area contributed by atoms with Gasteiger partial charge in [0.05, 0.1) is 14.2 Å². The third kappa shape index (κ3) is 104. The molecule has 0 saturated carbocycles. The molecule has 0 atom stereocenters. The van der Waals surface area contributed by atoms with Gasteiger partial charge in [0, 0.05) is 76.3 Å². The van der Waals surface area contributed by atoms with Gasteiger partial charge in [0.25, 0.3) is 0 Å². The number of hydrogen-bond donors (Lipinski definition) is 1. The lowest BCUT2D eigenvalue weighted by Gasteiger charge is -1.97. The zero-order chi connectivity index (χ0) is 27.6. The lowest BCUT2D eigenvalue weighted by molar-refractivity contribution is -0.138. The molecule has 1 N–H and O–H groups in total. The van der Waals surface area contributed by atoms with Gasteiger partial charge >= 0.3 is 5.97 Å². The van der Waals surface area contributed by atoms with Crippen molar-refractivity contribution in [2.24, 2.45) is 0 Å². The van der Waals surface area contributed by atoms with Gasteiger partial charge in [-0.2, -0.15) is 0 Å². The Morgan fingerprint density at radius 1 is 0.718 bits per heavy atom. The Bertz CT molecular complexity index is 476. The molecule has 39 heavy (non-hydrogen) atoms. The molecule has 0 radical (unpaired) electrons. The van der Waals surface area contributed by atoms with Crippen LogP contribution >= 0.6 is 0 Å². The van der Waals surface area contributed by atoms with Crippen LogP contribution in [-0.2, 0) is 33.3 Å². The molecule has 0 aliphatic rings. The lowest BCUT2D eigenvalue weighted by atomic mass is 10.2. The minimum absolute atomic E-state index is 0. The van der Waals surface area contributed by atoms with Crippen LogP contribution in [0.4, 0.5) is 0 Å². The topological polar surface area (TPSA) is 102 Å². The summed E-state index contributed by atoms with van der Waals surface area (Å²) >= 11 is 0. The number of amides is 1. The van der Waals surface area contributed by atoms with Crippen molar-refractivity contribution in [1.29, 1.82) is 0 Å². The average Bonchev–Trinajstić information content (AvgIpc) is 2.84. The summed E-state index contributed by atoms with van der Waals surface area (Å²) in [6.45, 7) is 9.37. The smallest absolute Gasteiger partial charge is 0.302 e. The van der Waals surface area contributed by atoms with Crippen LogP contribution in [0.2, 0.25) is 0 Å². The van der Waals surface area contributed by atoms with Crippen LogP contribution < -0.4 is 10.1 Å². The SMILES string of the molecule is C.C.C.C.C.CCOC.CNC(C)=O.COC.COC(C)=O.COCCCCOC.COc1ccc(C)cc1. The van der Waals surface area contributed by atoms with Crippen molar-refractivity contribution >= 4 is 11.9 Å². The molecule has 0 heterocycles. The van der Waals surface area contributed by atoms with E-state index in [1.165, 1.54) is 26.5 Å². The van der Waals surface area contributed by atoms with Gasteiger partial charge in [0.15, 0.2) is 0 Å². The van der Waals surface area contributed by atoms with Gasteiger partial charge in [0.1, 0.15) is 5.75 Å². The van der Waals surface area contributed by atoms with Crippen molar-refractivity contribution in [3.63, 3.8) is 0 Å². The maximum absolute atomic E-state index is 9.70. The van der Waals surface area contributed by atoms with Gasteiger partial charge in [-0.15, -0.1) is 0 Å². The summed E-state index contributed by atoms with van der Waals surface area (Å²) in [5, 5.41) is 2.39. The molecule has 0 unspecified atom stereocenters. The van der Waals surface area contributed by atoms with Crippen LogP contribution in [-0.4, -0.2) is 88.5 Å². The molecular weight excluding hydrogens is 502 g/mol. The zero-order valence-corrected chi connectivity index (χ0v) is 23.6. The van der Waals surface area contributed by atoms with Crippen LogP contribution in [0.1, 0.15) is 76.3 Å². The molecule has 1 aromatic rings. The molecule has 0 aliphatic carbocycles. The number of carbonyl (C=O) groups is 2. The first-order valence-electron chi connectivity index (χ1n) is 10.8. The third-order valence-electron chi connectivity index (χ3n) is 3.13. The molecular formula is C30H71NO8. The molecule has 0 aliphatic heterocycles. The van der Waals surface area contributed by atoms with Crippen molar-refractivity contribution in [2.45, 2.75) is 77.7 Å². The Balaban J connectivity index is -0.0000000327. The lowest BCUT2D eigenvalue weighted by Crippen LogP contribution is -2.11. The van der Waals surface area contributed by atoms with Crippen LogP contribution in [0, 0.1) is 6.92 Å². The minimum Gasteiger partial charge on any atom is -0.497 e. The third-order valence-corrected chi connectivity index (χ3v) is 3.13. The number of benzene rings is 1. The molecule has 0 saturated heterocycles. The Labute approximate surface area is 245 Å². The molecule has 1 rings (SSSR count). The number of hydrogen-bond acceptors (Lipinski definition) is 8. The summed E-state index contributed by atoms with van der Waals surface area (Å²) in [4.78, 5) is 19.3. The predicted molar refractivity (Wildman–Crippen MR) is 172 cm³/mol. The average molecular weight is 574 g/mol. The highest BCUT2D eigenvalue weighted by atomic mass is 16.5. The fraction of sp³-hybridized carbons (Fsp3) is 0.733. The summed E-state index contributed by atoms with van der Waals surface area (Å²) < 4.78 is 27.5. The number of aryl methyl sites for hydroxylation is 1. The van der Waals surface area contributed by atoms with Gasteiger partial charge in [-0.05, 0) is 38.8 Å². The van der Waals surface area contributed by atoms with E-state index < -0.39 is 0 Å². The number of esters is 1. The summed E-state index contributed by atoms with van der Waals surface area (Å²) in [5.41, 5.74) is 1.26. The molecule has 0 fully saturated rings. The summed E-state index contributed by atoms with van der Waals surface area (Å²) in [6.07, 6.45) is 2.20. The van der Waals surface area contributed by atoms with Gasteiger partial charge in [0.2, 0.25) is 5.91 Å². The van der Waals surface area contributed by atoms with Gasteiger partial charge in [-0.3, -0.25) is 9.59 Å². The Hall–Kier alpha value is -2.20. The van der Waals surface area contributed by atoms with E-state index in [0.29, 0.717) is 0 Å². The Kier molecular flexibility index (Phi) is 110. The highest BCUT2D eigenvalue weighted by Gasteiger charge is 1.85. The van der Waals surface area contributed by atoms with Crippen molar-refractivity contribution in [1.82, 2.24) is 5.32 Å². The van der Waals surface area contributed by atoms with E-state index in [-0.39, 0.29) is 49.0 Å². The number of carbonyl (C=O) groups excluding carboxylic acids is 2. The van der Waals surface area contributed by atoms with E-state index in [2.05, 4.69) is 26.5 Å². The Morgan fingerprint density at radius 2 is 1.00 bits per heavy atom. The molecule has 0 bridgehead atoms. The van der Waals surface area contributed by atoms with E-state index in [0.717, 1.165) is 38.4 Å². The van der Waals surface area contributed by atoms with E-state index >= 15 is 0 Å². The summed E-state index contributed by atoms with van der Waals surface area (Å²) in [7, 11) is 13.0. The number of unbranched alkanes of at least 4 members (excludes halogenated alkanes) is 1. The van der Waals surface area contributed by atoms with E-state index in [4.69, 9.17) is 14.2 Å². The van der Waals surface area contributed by atoms with Crippen LogP contribution in [0.3, 0.4) is 0 Å². The quantitative estimate of drug-likeness (QED) is 0.272. The summed E-state index contributed by atoms with van der Waals surface area (Å²) in [6, 6.07) is 7.96. The van der Waals surface area contributed by atoms with Crippen LogP contribution in [0.15, 0.2) is 24.3 Å². The second-order valence-electron chi connectivity index (χ2n) is 6.20. The van der Waals surface area contributed by atoms with Gasteiger partial charge in [-0.1, -0.05) is 54.8 Å². The first kappa shape index (κ1) is 65.7. The number of methoxy groups -OCH3 is 6. The normalized spacial score (nSPS) is 7.08. The standard InChI is InChI=1S/C8H10O.C6H14O2.C3H7NO.C3H6O2.C3H8O.C2H6O.5CH4/c1-7-3-5-8(9-2)6-4-7;1-7-5-3-4-6-8-2;1-3(5)4-2;1-3(4)5-2;1-3-4-2;1-3-2;;;;;/h3-6H,1-2H3;3-6H2,1-2H3;1-2H3,(H,4,5);1-2H3;3H2,1-2H3;1-2H3;5*1H4. The number of ether oxygens (including phenoxy) is 6. The molecule has 0 spiro atoms. The maximum Gasteiger partial charge on any atom is 0.302 e. The molecule has 244 valence electrons. The Morgan fingerprint density at radius 3 is 1.15 bits per heavy atom. The maximum atomic E-state index is 9.70. The first-order valence-corrected chi connectivity index (χ1v) is 10.8. The molecule has 9 nitrogen and oxygen atoms in total. The summed E-state index contributed by atoms with van der Waals surface area (Å²) in [5.74, 6) is 0.676. The van der Waals surface area contributed by atoms with Crippen molar-refractivity contribution in [3.8, 4) is 5.75 Å². The van der Waals surface area contributed by atoms with Gasteiger partial charge in [-0.25, -0.2) is 0 Å². The minimum atomic E-state index is -0.245. The highest BCUT2D eigenvalue weighted by Crippen LogP contribution is 2.09. The van der Waals surface area contributed by atoms with E-state index in [9.17, 15) is 9.59 Å². The predicted octanol–water partition coefficient (Wildman–Crippen LogP) is 7.09. The molecule has 1 aromatic carbocycles. The highest BCUT2D eigenvalue weighted by molar-refractivity contribution is 5.72.